The van der Waals surface area contributed by atoms with Crippen molar-refractivity contribution in [2.75, 3.05) is 18.0 Å². The van der Waals surface area contributed by atoms with Gasteiger partial charge in [0.15, 0.2) is 0 Å². The third-order valence-corrected chi connectivity index (χ3v) is 5.40. The fourth-order valence-corrected chi connectivity index (χ4v) is 4.26. The van der Waals surface area contributed by atoms with E-state index in [1.165, 1.54) is 18.2 Å². The molecule has 0 aromatic heterocycles. The number of imide groups is 1. The SMILES string of the molecule is CC(C)Oc1ccc(C2=C(N3CC(C)OC(C)C3)C(=O)N(c3ccccc3F)C2=O)cc1. The lowest BCUT2D eigenvalue weighted by molar-refractivity contribution is -0.121. The van der Waals surface area contributed by atoms with Gasteiger partial charge in [-0.15, -0.1) is 0 Å². The molecule has 6 nitrogen and oxygen atoms in total. The van der Waals surface area contributed by atoms with E-state index in [4.69, 9.17) is 9.47 Å². The lowest BCUT2D eigenvalue weighted by atomic mass is 10.0. The molecule has 32 heavy (non-hydrogen) atoms. The zero-order valence-corrected chi connectivity index (χ0v) is 18.7. The summed E-state index contributed by atoms with van der Waals surface area (Å²) in [5.74, 6) is -1.03. The van der Waals surface area contributed by atoms with Crippen molar-refractivity contribution in [2.24, 2.45) is 0 Å². The van der Waals surface area contributed by atoms with Gasteiger partial charge in [0.05, 0.1) is 29.6 Å². The number of morpholine rings is 1. The lowest BCUT2D eigenvalue weighted by Crippen LogP contribution is -2.47. The number of rotatable bonds is 5. The fraction of sp³-hybridized carbons (Fsp3) is 0.360. The molecule has 2 aromatic carbocycles. The van der Waals surface area contributed by atoms with Gasteiger partial charge >= 0.3 is 0 Å². The van der Waals surface area contributed by atoms with Crippen LogP contribution in [0.2, 0.25) is 0 Å². The maximum Gasteiger partial charge on any atom is 0.282 e. The number of hydrogen-bond donors (Lipinski definition) is 0. The first-order chi connectivity index (χ1) is 15.3. The number of para-hydroxylation sites is 1. The van der Waals surface area contributed by atoms with Crippen LogP contribution in [0.3, 0.4) is 0 Å². The normalized spacial score (nSPS) is 21.7. The molecular weight excluding hydrogens is 411 g/mol. The van der Waals surface area contributed by atoms with Crippen molar-refractivity contribution in [3.05, 3.63) is 65.6 Å². The van der Waals surface area contributed by atoms with Gasteiger partial charge in [-0.1, -0.05) is 24.3 Å². The second-order valence-electron chi connectivity index (χ2n) is 8.47. The Labute approximate surface area is 187 Å². The molecular formula is C25H27FN2O4. The summed E-state index contributed by atoms with van der Waals surface area (Å²) in [7, 11) is 0. The molecule has 2 aliphatic rings. The van der Waals surface area contributed by atoms with E-state index < -0.39 is 17.6 Å². The van der Waals surface area contributed by atoms with Gasteiger partial charge in [0.2, 0.25) is 0 Å². The Morgan fingerprint density at radius 2 is 1.59 bits per heavy atom. The Kier molecular flexibility index (Phi) is 6.02. The van der Waals surface area contributed by atoms with Gasteiger partial charge < -0.3 is 14.4 Å². The van der Waals surface area contributed by atoms with E-state index in [1.807, 2.05) is 32.6 Å². The summed E-state index contributed by atoms with van der Waals surface area (Å²) in [6, 6.07) is 12.9. The van der Waals surface area contributed by atoms with Crippen LogP contribution >= 0.6 is 0 Å². The van der Waals surface area contributed by atoms with Gasteiger partial charge in [0.1, 0.15) is 17.3 Å². The monoisotopic (exact) mass is 438 g/mol. The number of anilines is 1. The molecule has 0 spiro atoms. The van der Waals surface area contributed by atoms with Crippen molar-refractivity contribution in [1.29, 1.82) is 0 Å². The summed E-state index contributed by atoms with van der Waals surface area (Å²) < 4.78 is 26.1. The zero-order valence-electron chi connectivity index (χ0n) is 18.7. The highest BCUT2D eigenvalue weighted by Crippen LogP contribution is 2.37. The second kappa shape index (κ2) is 8.74. The third-order valence-electron chi connectivity index (χ3n) is 5.40. The predicted molar refractivity (Wildman–Crippen MR) is 120 cm³/mol. The number of ether oxygens (including phenoxy) is 2. The molecule has 2 aliphatic heterocycles. The van der Waals surface area contributed by atoms with E-state index >= 15 is 0 Å². The Balaban J connectivity index is 1.80. The Bertz CT molecular complexity index is 1050. The minimum absolute atomic E-state index is 0.0122. The first-order valence-electron chi connectivity index (χ1n) is 10.8. The molecule has 2 heterocycles. The number of halogens is 1. The van der Waals surface area contributed by atoms with E-state index in [2.05, 4.69) is 0 Å². The average Bonchev–Trinajstić information content (AvgIpc) is 2.98. The van der Waals surface area contributed by atoms with Crippen molar-refractivity contribution in [3.63, 3.8) is 0 Å². The van der Waals surface area contributed by atoms with Crippen LogP contribution < -0.4 is 9.64 Å². The summed E-state index contributed by atoms with van der Waals surface area (Å²) in [5.41, 5.74) is 1.07. The summed E-state index contributed by atoms with van der Waals surface area (Å²) in [5, 5.41) is 0. The van der Waals surface area contributed by atoms with E-state index in [9.17, 15) is 14.0 Å². The molecule has 1 fully saturated rings. The average molecular weight is 438 g/mol. The quantitative estimate of drug-likeness (QED) is 0.661. The number of nitrogens with zero attached hydrogens (tertiary/aromatic N) is 2. The second-order valence-corrected chi connectivity index (χ2v) is 8.47. The molecule has 2 unspecified atom stereocenters. The van der Waals surface area contributed by atoms with Crippen LogP contribution in [0.15, 0.2) is 54.2 Å². The van der Waals surface area contributed by atoms with Gasteiger partial charge in [0, 0.05) is 13.1 Å². The Morgan fingerprint density at radius 1 is 0.969 bits per heavy atom. The Hall–Kier alpha value is -3.19. The summed E-state index contributed by atoms with van der Waals surface area (Å²) in [6.07, 6.45) is -0.211. The van der Waals surface area contributed by atoms with E-state index in [-0.39, 0.29) is 35.3 Å². The first kappa shape index (κ1) is 22.0. The van der Waals surface area contributed by atoms with Gasteiger partial charge in [-0.25, -0.2) is 9.29 Å². The molecule has 0 saturated carbocycles. The molecule has 0 radical (unpaired) electrons. The van der Waals surface area contributed by atoms with E-state index in [0.717, 1.165) is 4.90 Å². The standard InChI is InChI=1S/C25H27FN2O4/c1-15(2)31-19-11-9-18(10-12-19)22-23(27-13-16(3)32-17(4)14-27)25(30)28(24(22)29)21-8-6-5-7-20(21)26/h5-12,15-17H,13-14H2,1-4H3. The molecule has 2 aromatic rings. The zero-order chi connectivity index (χ0) is 23.0. The number of carbonyl (C=O) groups excluding carboxylic acids is 2. The molecule has 2 amide bonds. The number of amides is 2. The highest BCUT2D eigenvalue weighted by atomic mass is 19.1. The van der Waals surface area contributed by atoms with Crippen molar-refractivity contribution < 1.29 is 23.5 Å². The molecule has 0 bridgehead atoms. The smallest absolute Gasteiger partial charge is 0.282 e. The molecule has 2 atom stereocenters. The fourth-order valence-electron chi connectivity index (χ4n) is 4.26. The lowest BCUT2D eigenvalue weighted by Gasteiger charge is -2.37. The van der Waals surface area contributed by atoms with Crippen molar-refractivity contribution in [1.82, 2.24) is 4.90 Å². The van der Waals surface area contributed by atoms with Gasteiger partial charge in [0.25, 0.3) is 11.8 Å². The number of hydrogen-bond acceptors (Lipinski definition) is 5. The highest BCUT2D eigenvalue weighted by molar-refractivity contribution is 6.45. The van der Waals surface area contributed by atoms with Crippen molar-refractivity contribution in [2.45, 2.75) is 46.0 Å². The molecule has 7 heteroatoms. The van der Waals surface area contributed by atoms with Crippen LogP contribution in [-0.2, 0) is 14.3 Å². The number of carbonyl (C=O) groups is 2. The molecule has 0 N–H and O–H groups in total. The highest BCUT2D eigenvalue weighted by Gasteiger charge is 2.44. The van der Waals surface area contributed by atoms with Gasteiger partial charge in [-0.05, 0) is 57.5 Å². The third kappa shape index (κ3) is 4.12. The van der Waals surface area contributed by atoms with Crippen LogP contribution in [0.25, 0.3) is 5.57 Å². The van der Waals surface area contributed by atoms with E-state index in [1.54, 1.807) is 30.3 Å². The van der Waals surface area contributed by atoms with Crippen LogP contribution in [0.1, 0.15) is 33.3 Å². The Morgan fingerprint density at radius 3 is 2.19 bits per heavy atom. The van der Waals surface area contributed by atoms with Crippen molar-refractivity contribution in [3.8, 4) is 5.75 Å². The van der Waals surface area contributed by atoms with Crippen LogP contribution in [0.5, 0.6) is 5.75 Å². The first-order valence-corrected chi connectivity index (χ1v) is 10.8. The number of benzene rings is 2. The predicted octanol–water partition coefficient (Wildman–Crippen LogP) is 4.01. The minimum atomic E-state index is -0.626. The van der Waals surface area contributed by atoms with Crippen LogP contribution in [-0.4, -0.2) is 48.1 Å². The van der Waals surface area contributed by atoms with Crippen LogP contribution in [0.4, 0.5) is 10.1 Å². The molecule has 4 rings (SSSR count). The maximum atomic E-state index is 14.6. The largest absolute Gasteiger partial charge is 0.491 e. The molecule has 1 saturated heterocycles. The van der Waals surface area contributed by atoms with Gasteiger partial charge in [-0.2, -0.15) is 0 Å². The maximum absolute atomic E-state index is 14.6. The van der Waals surface area contributed by atoms with E-state index in [0.29, 0.717) is 24.4 Å². The summed E-state index contributed by atoms with van der Waals surface area (Å²) in [4.78, 5) is 29.9. The topological polar surface area (TPSA) is 59.1 Å². The van der Waals surface area contributed by atoms with Crippen molar-refractivity contribution >= 4 is 23.1 Å². The van der Waals surface area contributed by atoms with Crippen LogP contribution in [0, 0.1) is 5.82 Å². The molecule has 0 aliphatic carbocycles. The van der Waals surface area contributed by atoms with Gasteiger partial charge in [-0.3, -0.25) is 9.59 Å². The summed E-state index contributed by atoms with van der Waals surface area (Å²) in [6.45, 7) is 8.64. The molecule has 168 valence electrons. The minimum Gasteiger partial charge on any atom is -0.491 e. The summed E-state index contributed by atoms with van der Waals surface area (Å²) >= 11 is 0.